The number of pyridine rings is 1. The number of thiazole rings is 1. The molecule has 0 saturated carbocycles. The number of anilines is 1. The topological polar surface area (TPSA) is 84.4 Å². The largest absolute Gasteiger partial charge is 0.452 e. The fourth-order valence-corrected chi connectivity index (χ4v) is 4.73. The number of esters is 1. The van der Waals surface area contributed by atoms with Gasteiger partial charge in [0, 0.05) is 47.1 Å². The maximum atomic E-state index is 13.1. The van der Waals surface area contributed by atoms with Gasteiger partial charge in [-0.1, -0.05) is 48.5 Å². The van der Waals surface area contributed by atoms with Gasteiger partial charge in [0.15, 0.2) is 11.7 Å². The van der Waals surface area contributed by atoms with Gasteiger partial charge in [0.25, 0.3) is 5.91 Å². The normalized spacial score (nSPS) is 13.5. The Labute approximate surface area is 195 Å². The molecule has 2 aromatic heterocycles. The Bertz CT molecular complexity index is 1340. The van der Waals surface area contributed by atoms with Crippen LogP contribution in [0.4, 0.5) is 5.13 Å². The van der Waals surface area contributed by atoms with Gasteiger partial charge < -0.3 is 9.64 Å². The van der Waals surface area contributed by atoms with Crippen LogP contribution in [0.15, 0.2) is 60.0 Å². The number of hydrogen-bond acceptors (Lipinski definition) is 7. The second-order valence-corrected chi connectivity index (χ2v) is 8.80. The zero-order chi connectivity index (χ0) is 22.8. The summed E-state index contributed by atoms with van der Waals surface area (Å²) in [5.74, 6) is -0.943. The van der Waals surface area contributed by atoms with E-state index in [2.05, 4.69) is 15.2 Å². The highest BCUT2D eigenvalue weighted by Gasteiger charge is 2.25. The minimum atomic E-state index is -0.514. The van der Waals surface area contributed by atoms with Gasteiger partial charge in [0.1, 0.15) is 0 Å². The van der Waals surface area contributed by atoms with Crippen molar-refractivity contribution in [2.45, 2.75) is 13.0 Å². The van der Waals surface area contributed by atoms with Gasteiger partial charge in [-0.2, -0.15) is 0 Å². The summed E-state index contributed by atoms with van der Waals surface area (Å²) in [4.78, 5) is 36.9. The molecule has 1 aliphatic heterocycles. The summed E-state index contributed by atoms with van der Waals surface area (Å²) >= 11 is 1.33. The maximum Gasteiger partial charge on any atom is 0.339 e. The van der Waals surface area contributed by atoms with Crippen LogP contribution in [0.5, 0.6) is 0 Å². The third-order valence-electron chi connectivity index (χ3n) is 5.60. The molecule has 0 aliphatic carbocycles. The van der Waals surface area contributed by atoms with E-state index in [-0.39, 0.29) is 6.61 Å². The Hall–Kier alpha value is -3.62. The lowest BCUT2D eigenvalue weighted by Gasteiger charge is -2.26. The molecule has 0 spiro atoms. The fourth-order valence-electron chi connectivity index (χ4n) is 3.99. The first-order valence-corrected chi connectivity index (χ1v) is 11.5. The van der Waals surface area contributed by atoms with Gasteiger partial charge in [0.2, 0.25) is 0 Å². The molecule has 4 aromatic rings. The number of nitrogens with zero attached hydrogens (tertiary/aromatic N) is 3. The molecule has 2 aromatic carbocycles. The van der Waals surface area contributed by atoms with Crippen LogP contribution >= 0.6 is 11.3 Å². The van der Waals surface area contributed by atoms with Crippen molar-refractivity contribution in [3.8, 4) is 11.3 Å². The van der Waals surface area contributed by atoms with E-state index in [0.717, 1.165) is 46.4 Å². The second kappa shape index (κ2) is 9.09. The molecule has 1 aliphatic rings. The zero-order valence-electron chi connectivity index (χ0n) is 18.1. The van der Waals surface area contributed by atoms with Crippen LogP contribution in [0, 0.1) is 0 Å². The standard InChI is InChI=1S/C25H22N4O3S/c1-29-12-11-20-18(13-29)23(17-9-5-6-10-19(17)26-20)24(31)32-14-22(30)28-25-27-21(15-33-25)16-7-3-2-4-8-16/h2-10,15H,11-14H2,1H3,(H,27,28,30). The molecule has 166 valence electrons. The number of benzene rings is 2. The molecule has 33 heavy (non-hydrogen) atoms. The van der Waals surface area contributed by atoms with Crippen molar-refractivity contribution in [1.82, 2.24) is 14.9 Å². The molecule has 0 atom stereocenters. The number of para-hydroxylation sites is 1. The first kappa shape index (κ1) is 21.2. The molecule has 1 N–H and O–H groups in total. The monoisotopic (exact) mass is 458 g/mol. The average molecular weight is 459 g/mol. The molecule has 0 unspecified atom stereocenters. The molecule has 1 amide bonds. The van der Waals surface area contributed by atoms with Crippen molar-refractivity contribution in [3.63, 3.8) is 0 Å². The molecule has 7 nitrogen and oxygen atoms in total. The minimum absolute atomic E-state index is 0.389. The summed E-state index contributed by atoms with van der Waals surface area (Å²) in [5.41, 5.74) is 4.80. The van der Waals surface area contributed by atoms with Crippen LogP contribution < -0.4 is 5.32 Å². The van der Waals surface area contributed by atoms with Crippen LogP contribution in [0.2, 0.25) is 0 Å². The minimum Gasteiger partial charge on any atom is -0.452 e. The predicted molar refractivity (Wildman–Crippen MR) is 128 cm³/mol. The highest BCUT2D eigenvalue weighted by atomic mass is 32.1. The Morgan fingerprint density at radius 1 is 1.09 bits per heavy atom. The number of fused-ring (bicyclic) bond motifs is 2. The summed E-state index contributed by atoms with van der Waals surface area (Å²) in [6, 6.07) is 17.3. The summed E-state index contributed by atoms with van der Waals surface area (Å²) in [5, 5.41) is 5.80. The summed E-state index contributed by atoms with van der Waals surface area (Å²) < 4.78 is 5.44. The Morgan fingerprint density at radius 2 is 1.88 bits per heavy atom. The SMILES string of the molecule is CN1CCc2nc3ccccc3c(C(=O)OCC(=O)Nc3nc(-c4ccccc4)cs3)c2C1. The van der Waals surface area contributed by atoms with Gasteiger partial charge in [0.05, 0.1) is 16.8 Å². The van der Waals surface area contributed by atoms with Crippen molar-refractivity contribution in [3.05, 3.63) is 76.8 Å². The highest BCUT2D eigenvalue weighted by Crippen LogP contribution is 2.28. The molecule has 3 heterocycles. The third kappa shape index (κ3) is 4.48. The van der Waals surface area contributed by atoms with E-state index >= 15 is 0 Å². The van der Waals surface area contributed by atoms with Gasteiger partial charge in [-0.25, -0.2) is 9.78 Å². The Balaban J connectivity index is 1.31. The second-order valence-electron chi connectivity index (χ2n) is 7.95. The van der Waals surface area contributed by atoms with Crippen LogP contribution in [0.1, 0.15) is 21.6 Å². The van der Waals surface area contributed by atoms with Gasteiger partial charge in [-0.3, -0.25) is 15.1 Å². The molecule has 8 heteroatoms. The summed E-state index contributed by atoms with van der Waals surface area (Å²) in [6.45, 7) is 1.11. The first-order valence-electron chi connectivity index (χ1n) is 10.7. The fraction of sp³-hybridized carbons (Fsp3) is 0.200. The number of hydrogen-bond donors (Lipinski definition) is 1. The molecule has 5 rings (SSSR count). The molecular weight excluding hydrogens is 436 g/mol. The lowest BCUT2D eigenvalue weighted by atomic mass is 9.96. The predicted octanol–water partition coefficient (Wildman–Crippen LogP) is 4.14. The van der Waals surface area contributed by atoms with Crippen LogP contribution in [0.25, 0.3) is 22.2 Å². The number of ether oxygens (including phenoxy) is 1. The van der Waals surface area contributed by atoms with E-state index < -0.39 is 11.9 Å². The Morgan fingerprint density at radius 3 is 2.73 bits per heavy atom. The van der Waals surface area contributed by atoms with Crippen molar-refractivity contribution in [2.75, 3.05) is 25.5 Å². The number of carbonyl (C=O) groups is 2. The third-order valence-corrected chi connectivity index (χ3v) is 6.35. The number of nitrogens with one attached hydrogen (secondary N) is 1. The van der Waals surface area contributed by atoms with Gasteiger partial charge in [-0.05, 0) is 13.1 Å². The van der Waals surface area contributed by atoms with E-state index in [1.54, 1.807) is 0 Å². The van der Waals surface area contributed by atoms with Crippen LogP contribution in [-0.2, 0) is 22.5 Å². The molecule has 0 saturated heterocycles. The molecule has 0 radical (unpaired) electrons. The van der Waals surface area contributed by atoms with E-state index in [0.29, 0.717) is 17.2 Å². The van der Waals surface area contributed by atoms with Gasteiger partial charge in [-0.15, -0.1) is 11.3 Å². The van der Waals surface area contributed by atoms with Crippen molar-refractivity contribution >= 4 is 39.2 Å². The summed E-state index contributed by atoms with van der Waals surface area (Å²) in [6.07, 6.45) is 0.769. The average Bonchev–Trinajstić information content (AvgIpc) is 3.30. The number of likely N-dealkylation sites (N-methyl/N-ethyl adjacent to an activating group) is 1. The Kier molecular flexibility index (Phi) is 5.85. The van der Waals surface area contributed by atoms with Crippen LogP contribution in [0.3, 0.4) is 0 Å². The van der Waals surface area contributed by atoms with E-state index in [9.17, 15) is 9.59 Å². The molecule has 0 bridgehead atoms. The maximum absolute atomic E-state index is 13.1. The van der Waals surface area contributed by atoms with E-state index in [4.69, 9.17) is 9.72 Å². The van der Waals surface area contributed by atoms with Gasteiger partial charge >= 0.3 is 5.97 Å². The number of aromatic nitrogens is 2. The summed E-state index contributed by atoms with van der Waals surface area (Å²) in [7, 11) is 2.01. The van der Waals surface area contributed by atoms with Crippen molar-refractivity contribution < 1.29 is 14.3 Å². The van der Waals surface area contributed by atoms with Crippen molar-refractivity contribution in [2.24, 2.45) is 0 Å². The molecular formula is C25H22N4O3S. The highest BCUT2D eigenvalue weighted by molar-refractivity contribution is 7.14. The van der Waals surface area contributed by atoms with E-state index in [1.807, 2.05) is 67.0 Å². The first-order chi connectivity index (χ1) is 16.1. The van der Waals surface area contributed by atoms with E-state index in [1.165, 1.54) is 11.3 Å². The quantitative estimate of drug-likeness (QED) is 0.453. The lowest BCUT2D eigenvalue weighted by molar-refractivity contribution is -0.119. The lowest BCUT2D eigenvalue weighted by Crippen LogP contribution is -2.30. The number of rotatable bonds is 5. The molecule has 0 fully saturated rings. The number of amides is 1. The number of carbonyl (C=O) groups excluding carboxylic acids is 2. The van der Waals surface area contributed by atoms with Crippen LogP contribution in [-0.4, -0.2) is 46.9 Å². The van der Waals surface area contributed by atoms with Crippen molar-refractivity contribution in [1.29, 1.82) is 0 Å². The zero-order valence-corrected chi connectivity index (χ0v) is 18.9. The smallest absolute Gasteiger partial charge is 0.339 e.